The first-order chi connectivity index (χ1) is 18.6. The van der Waals surface area contributed by atoms with Crippen molar-refractivity contribution >= 4 is 41.3 Å². The van der Waals surface area contributed by atoms with Crippen molar-refractivity contribution < 1.29 is 38.9 Å². The molecule has 1 rings (SSSR count). The molecule has 0 heterocycles. The molecule has 0 saturated carbocycles. The number of unbranched alkanes of at least 4 members (excludes halogenated alkanes) is 5. The topological polar surface area (TPSA) is 185 Å². The largest absolute Gasteiger partial charge is 0.494 e. The summed E-state index contributed by atoms with van der Waals surface area (Å²) in [5, 5.41) is 23.8. The number of allylic oxidation sites excluding steroid dienone is 1. The highest BCUT2D eigenvalue weighted by atomic mass is 32.2. The molecular formula is C27H39N3O8S. The molecule has 1 aromatic carbocycles. The summed E-state index contributed by atoms with van der Waals surface area (Å²) in [4.78, 5) is 58.7. The van der Waals surface area contributed by atoms with Gasteiger partial charge in [0.1, 0.15) is 24.4 Å². The Kier molecular flexibility index (Phi) is 17.0. The van der Waals surface area contributed by atoms with Gasteiger partial charge in [-0.15, -0.1) is 11.8 Å². The van der Waals surface area contributed by atoms with Crippen LogP contribution < -0.4 is 21.1 Å². The van der Waals surface area contributed by atoms with Crippen molar-refractivity contribution in [3.8, 4) is 5.75 Å². The number of carbonyl (C=O) groups is 5. The van der Waals surface area contributed by atoms with Crippen LogP contribution in [0.25, 0.3) is 0 Å². The van der Waals surface area contributed by atoms with Crippen molar-refractivity contribution in [2.75, 3.05) is 18.9 Å². The third kappa shape index (κ3) is 15.6. The molecule has 11 nitrogen and oxygen atoms in total. The standard InChI is InChI=1S/C27H39N3O8S/c1-2-3-4-5-6-7-14-38-20-10-8-9-19(16-20)23(31)13-15-39-18-22(26(35)29-17-25(33)34)30-24(32)12-11-21(28)27(36)37/h8-10,13,15-16,21-22H,2-7,11-12,14,17-18,28H2,1H3,(H,29,35)(H,30,32)(H,33,34)(H,36,37)/t21-,22-/m0/s1. The first-order valence-electron chi connectivity index (χ1n) is 13.0. The number of carbonyl (C=O) groups excluding carboxylic acids is 3. The highest BCUT2D eigenvalue weighted by Gasteiger charge is 2.22. The molecule has 2 atom stereocenters. The van der Waals surface area contributed by atoms with E-state index in [2.05, 4.69) is 17.6 Å². The van der Waals surface area contributed by atoms with Crippen LogP contribution in [-0.2, 0) is 19.2 Å². The molecule has 1 aromatic rings. The number of ketones is 1. The third-order valence-electron chi connectivity index (χ3n) is 5.53. The Labute approximate surface area is 232 Å². The highest BCUT2D eigenvalue weighted by Crippen LogP contribution is 2.16. The van der Waals surface area contributed by atoms with Gasteiger partial charge in [-0.2, -0.15) is 0 Å². The Morgan fingerprint density at radius 1 is 1.08 bits per heavy atom. The second-order valence-corrected chi connectivity index (χ2v) is 9.80. The molecule has 0 aliphatic rings. The number of aliphatic carboxylic acids is 2. The highest BCUT2D eigenvalue weighted by molar-refractivity contribution is 8.02. The van der Waals surface area contributed by atoms with E-state index in [-0.39, 0.29) is 24.4 Å². The fourth-order valence-electron chi connectivity index (χ4n) is 3.31. The van der Waals surface area contributed by atoms with E-state index >= 15 is 0 Å². The summed E-state index contributed by atoms with van der Waals surface area (Å²) in [5.74, 6) is -3.50. The van der Waals surface area contributed by atoms with E-state index in [0.717, 1.165) is 24.6 Å². The normalized spacial score (nSPS) is 12.5. The van der Waals surface area contributed by atoms with Gasteiger partial charge in [0, 0.05) is 17.7 Å². The molecule has 39 heavy (non-hydrogen) atoms. The van der Waals surface area contributed by atoms with Gasteiger partial charge < -0.3 is 31.3 Å². The van der Waals surface area contributed by atoms with Crippen LogP contribution in [0.15, 0.2) is 35.7 Å². The maximum absolute atomic E-state index is 12.6. The molecule has 2 amide bonds. The maximum Gasteiger partial charge on any atom is 0.322 e. The number of nitrogens with one attached hydrogen (secondary N) is 2. The zero-order valence-corrected chi connectivity index (χ0v) is 23.0. The average molecular weight is 566 g/mol. The van der Waals surface area contributed by atoms with Crippen molar-refractivity contribution in [3.63, 3.8) is 0 Å². The van der Waals surface area contributed by atoms with Crippen LogP contribution >= 0.6 is 11.8 Å². The van der Waals surface area contributed by atoms with Gasteiger partial charge in [-0.25, -0.2) is 0 Å². The number of hydrogen-bond acceptors (Lipinski definition) is 8. The van der Waals surface area contributed by atoms with Crippen LogP contribution in [0.4, 0.5) is 0 Å². The molecule has 0 bridgehead atoms. The quantitative estimate of drug-likeness (QED) is 0.0843. The van der Waals surface area contributed by atoms with Gasteiger partial charge in [0.05, 0.1) is 6.61 Å². The van der Waals surface area contributed by atoms with E-state index in [1.165, 1.54) is 37.2 Å². The first-order valence-corrected chi connectivity index (χ1v) is 14.0. The van der Waals surface area contributed by atoms with E-state index in [4.69, 9.17) is 20.7 Å². The molecule has 0 fully saturated rings. The van der Waals surface area contributed by atoms with Crippen molar-refractivity contribution in [2.24, 2.45) is 5.73 Å². The molecule has 0 unspecified atom stereocenters. The minimum absolute atomic E-state index is 0.00730. The Hall–Kier alpha value is -3.38. The Morgan fingerprint density at radius 3 is 2.49 bits per heavy atom. The van der Waals surface area contributed by atoms with E-state index < -0.39 is 42.4 Å². The van der Waals surface area contributed by atoms with Gasteiger partial charge in [0.25, 0.3) is 0 Å². The fourth-order valence-corrected chi connectivity index (χ4v) is 4.07. The second kappa shape index (κ2) is 19.7. The van der Waals surface area contributed by atoms with E-state index in [1.54, 1.807) is 24.3 Å². The average Bonchev–Trinajstić information content (AvgIpc) is 2.91. The predicted octanol–water partition coefficient (Wildman–Crippen LogP) is 2.73. The van der Waals surface area contributed by atoms with Gasteiger partial charge in [-0.05, 0) is 36.5 Å². The number of benzene rings is 1. The lowest BCUT2D eigenvalue weighted by Gasteiger charge is -2.17. The Balaban J connectivity index is 2.61. The van der Waals surface area contributed by atoms with Crippen LogP contribution in [0.5, 0.6) is 5.75 Å². The second-order valence-electron chi connectivity index (χ2n) is 8.86. The predicted molar refractivity (Wildman–Crippen MR) is 149 cm³/mol. The summed E-state index contributed by atoms with van der Waals surface area (Å²) < 4.78 is 5.76. The number of carboxylic acids is 2. The van der Waals surface area contributed by atoms with Crippen LogP contribution in [0.2, 0.25) is 0 Å². The third-order valence-corrected chi connectivity index (χ3v) is 6.38. The van der Waals surface area contributed by atoms with E-state index in [9.17, 15) is 24.0 Å². The molecule has 0 aliphatic heterocycles. The molecule has 0 aliphatic carbocycles. The van der Waals surface area contributed by atoms with Gasteiger partial charge in [-0.1, -0.05) is 51.2 Å². The van der Waals surface area contributed by atoms with Crippen molar-refractivity contribution in [1.29, 1.82) is 0 Å². The Bertz CT molecular complexity index is 986. The maximum atomic E-state index is 12.6. The summed E-state index contributed by atoms with van der Waals surface area (Å²) in [5.41, 5.74) is 5.83. The minimum atomic E-state index is -1.25. The van der Waals surface area contributed by atoms with Crippen molar-refractivity contribution in [2.45, 2.75) is 70.4 Å². The van der Waals surface area contributed by atoms with Gasteiger partial charge in [-0.3, -0.25) is 24.0 Å². The number of ether oxygens (including phenoxy) is 1. The molecule has 0 radical (unpaired) electrons. The zero-order valence-electron chi connectivity index (χ0n) is 22.2. The first kappa shape index (κ1) is 33.6. The summed E-state index contributed by atoms with van der Waals surface area (Å²) in [6.07, 6.45) is 7.88. The SMILES string of the molecule is CCCCCCCCOc1cccc(C(=O)C=CSC[C@H](NC(=O)CC[C@H](N)C(=O)O)C(=O)NCC(=O)O)c1. The Morgan fingerprint density at radius 2 is 1.79 bits per heavy atom. The molecule has 216 valence electrons. The summed E-state index contributed by atoms with van der Waals surface area (Å²) in [6.45, 7) is 2.12. The smallest absolute Gasteiger partial charge is 0.322 e. The van der Waals surface area contributed by atoms with Gasteiger partial charge in [0.15, 0.2) is 5.78 Å². The lowest BCUT2D eigenvalue weighted by Crippen LogP contribution is -2.49. The number of carboxylic acid groups (broad SMARTS) is 2. The molecule has 6 N–H and O–H groups in total. The summed E-state index contributed by atoms with van der Waals surface area (Å²) in [6, 6.07) is 4.52. The summed E-state index contributed by atoms with van der Waals surface area (Å²) >= 11 is 1.07. The van der Waals surface area contributed by atoms with E-state index in [0.29, 0.717) is 17.9 Å². The molecule has 12 heteroatoms. The minimum Gasteiger partial charge on any atom is -0.494 e. The van der Waals surface area contributed by atoms with Gasteiger partial charge >= 0.3 is 11.9 Å². The van der Waals surface area contributed by atoms with E-state index in [1.807, 2.05) is 0 Å². The number of nitrogens with two attached hydrogens (primary N) is 1. The molecule has 0 spiro atoms. The van der Waals surface area contributed by atoms with Crippen LogP contribution in [0, 0.1) is 0 Å². The van der Waals surface area contributed by atoms with Crippen LogP contribution in [0.3, 0.4) is 0 Å². The summed E-state index contributed by atoms with van der Waals surface area (Å²) in [7, 11) is 0. The van der Waals surface area contributed by atoms with Crippen LogP contribution in [0.1, 0.15) is 68.6 Å². The molecule has 0 aromatic heterocycles. The lowest BCUT2D eigenvalue weighted by atomic mass is 10.1. The molecule has 0 saturated heterocycles. The lowest BCUT2D eigenvalue weighted by molar-refractivity contribution is -0.139. The molecular weight excluding hydrogens is 526 g/mol. The number of thioether (sulfide) groups is 1. The number of hydrogen-bond donors (Lipinski definition) is 5. The monoisotopic (exact) mass is 565 g/mol. The number of amides is 2. The number of rotatable bonds is 21. The zero-order chi connectivity index (χ0) is 29.0. The van der Waals surface area contributed by atoms with Crippen molar-refractivity contribution in [1.82, 2.24) is 10.6 Å². The fraction of sp³-hybridized carbons (Fsp3) is 0.519. The van der Waals surface area contributed by atoms with Gasteiger partial charge in [0.2, 0.25) is 11.8 Å². The van der Waals surface area contributed by atoms with Crippen LogP contribution in [-0.4, -0.2) is 70.7 Å². The van der Waals surface area contributed by atoms with Crippen molar-refractivity contribution in [3.05, 3.63) is 41.3 Å².